The third kappa shape index (κ3) is 3.50. The second-order valence-corrected chi connectivity index (χ2v) is 6.33. The monoisotopic (exact) mass is 370 g/mol. The van der Waals surface area contributed by atoms with Crippen LogP contribution in [0, 0.1) is 0 Å². The molecule has 0 aliphatic rings. The van der Waals surface area contributed by atoms with E-state index in [0.29, 0.717) is 11.3 Å². The standard InChI is InChI=1S/C23H18N2O3/c1-24-23(27)16-9-6-15(7-10-16)8-13-22(26)25-17-11-12-19-18-4-2-3-5-20(18)28-21(19)14-17/h2-14H,1H3,(H,24,27)(H,25,26)/b13-8+. The molecule has 2 amide bonds. The summed E-state index contributed by atoms with van der Waals surface area (Å²) in [4.78, 5) is 23.8. The second-order valence-electron chi connectivity index (χ2n) is 6.33. The highest BCUT2D eigenvalue weighted by molar-refractivity contribution is 6.07. The van der Waals surface area contributed by atoms with Crippen LogP contribution in [0.4, 0.5) is 5.69 Å². The van der Waals surface area contributed by atoms with Gasteiger partial charge in [-0.25, -0.2) is 0 Å². The molecule has 4 aromatic rings. The molecule has 0 atom stereocenters. The molecule has 1 aromatic heterocycles. The molecule has 3 aromatic carbocycles. The van der Waals surface area contributed by atoms with Gasteiger partial charge in [0, 0.05) is 41.2 Å². The number of carbonyl (C=O) groups excluding carboxylic acids is 2. The fourth-order valence-corrected chi connectivity index (χ4v) is 3.05. The van der Waals surface area contributed by atoms with E-state index in [1.54, 1.807) is 37.4 Å². The Morgan fingerprint density at radius 1 is 0.893 bits per heavy atom. The highest BCUT2D eigenvalue weighted by atomic mass is 16.3. The van der Waals surface area contributed by atoms with Gasteiger partial charge in [0.25, 0.3) is 5.91 Å². The van der Waals surface area contributed by atoms with Crippen molar-refractivity contribution in [2.45, 2.75) is 0 Å². The Kier molecular flexibility index (Phi) is 4.64. The minimum absolute atomic E-state index is 0.144. The summed E-state index contributed by atoms with van der Waals surface area (Å²) in [5, 5.41) is 7.47. The van der Waals surface area contributed by atoms with Crippen molar-refractivity contribution in [3.63, 3.8) is 0 Å². The number of nitrogens with one attached hydrogen (secondary N) is 2. The molecule has 0 aliphatic carbocycles. The Morgan fingerprint density at radius 3 is 2.43 bits per heavy atom. The SMILES string of the molecule is CNC(=O)c1ccc(/C=C/C(=O)Nc2ccc3c(c2)oc2ccccc23)cc1. The molecule has 28 heavy (non-hydrogen) atoms. The van der Waals surface area contributed by atoms with E-state index in [4.69, 9.17) is 4.42 Å². The number of furan rings is 1. The van der Waals surface area contributed by atoms with Crippen molar-refractivity contribution in [1.82, 2.24) is 5.32 Å². The molecule has 0 radical (unpaired) electrons. The topological polar surface area (TPSA) is 71.3 Å². The molecular weight excluding hydrogens is 352 g/mol. The van der Waals surface area contributed by atoms with E-state index in [-0.39, 0.29) is 11.8 Å². The van der Waals surface area contributed by atoms with Gasteiger partial charge in [0.05, 0.1) is 0 Å². The number of benzene rings is 3. The van der Waals surface area contributed by atoms with Gasteiger partial charge in [0.2, 0.25) is 5.91 Å². The molecule has 0 bridgehead atoms. The fraction of sp³-hybridized carbons (Fsp3) is 0.0435. The van der Waals surface area contributed by atoms with E-state index in [1.807, 2.05) is 42.5 Å². The van der Waals surface area contributed by atoms with Crippen LogP contribution in [0.1, 0.15) is 15.9 Å². The highest BCUT2D eigenvalue weighted by Gasteiger charge is 2.07. The number of anilines is 1. The average molecular weight is 370 g/mol. The van der Waals surface area contributed by atoms with Gasteiger partial charge >= 0.3 is 0 Å². The molecule has 0 fully saturated rings. The van der Waals surface area contributed by atoms with Gasteiger partial charge in [0.1, 0.15) is 11.2 Å². The van der Waals surface area contributed by atoms with Crippen molar-refractivity contribution in [3.05, 3.63) is 83.9 Å². The van der Waals surface area contributed by atoms with Crippen LogP contribution < -0.4 is 10.6 Å². The lowest BCUT2D eigenvalue weighted by atomic mass is 10.1. The summed E-state index contributed by atoms with van der Waals surface area (Å²) in [6.07, 6.45) is 3.15. The largest absolute Gasteiger partial charge is 0.456 e. The molecule has 0 unspecified atom stereocenters. The van der Waals surface area contributed by atoms with Crippen LogP contribution in [0.3, 0.4) is 0 Å². The molecule has 138 valence electrons. The van der Waals surface area contributed by atoms with Crippen molar-refractivity contribution in [3.8, 4) is 0 Å². The molecule has 2 N–H and O–H groups in total. The van der Waals surface area contributed by atoms with Crippen molar-refractivity contribution in [2.24, 2.45) is 0 Å². The number of hydrogen-bond donors (Lipinski definition) is 2. The maximum Gasteiger partial charge on any atom is 0.251 e. The highest BCUT2D eigenvalue weighted by Crippen LogP contribution is 2.30. The third-order valence-corrected chi connectivity index (χ3v) is 4.47. The average Bonchev–Trinajstić information content (AvgIpc) is 3.10. The fourth-order valence-electron chi connectivity index (χ4n) is 3.05. The van der Waals surface area contributed by atoms with Gasteiger partial charge in [0.15, 0.2) is 0 Å². The third-order valence-electron chi connectivity index (χ3n) is 4.47. The van der Waals surface area contributed by atoms with Crippen LogP contribution in [0.2, 0.25) is 0 Å². The summed E-state index contributed by atoms with van der Waals surface area (Å²) in [5.74, 6) is -0.389. The number of hydrogen-bond acceptors (Lipinski definition) is 3. The maximum atomic E-state index is 12.2. The number of para-hydroxylation sites is 1. The molecule has 0 saturated heterocycles. The zero-order chi connectivity index (χ0) is 19.5. The smallest absolute Gasteiger partial charge is 0.251 e. The Labute approximate surface area is 161 Å². The summed E-state index contributed by atoms with van der Waals surface area (Å²) in [5.41, 5.74) is 3.61. The molecule has 5 nitrogen and oxygen atoms in total. The first-order valence-corrected chi connectivity index (χ1v) is 8.86. The molecular formula is C23H18N2O3. The van der Waals surface area contributed by atoms with Gasteiger partial charge < -0.3 is 15.1 Å². The molecule has 5 heteroatoms. The Hall–Kier alpha value is -3.86. The number of carbonyl (C=O) groups is 2. The van der Waals surface area contributed by atoms with Gasteiger partial charge in [-0.05, 0) is 42.0 Å². The molecule has 0 aliphatic heterocycles. The van der Waals surface area contributed by atoms with Crippen molar-refractivity contribution in [1.29, 1.82) is 0 Å². The summed E-state index contributed by atoms with van der Waals surface area (Å²) < 4.78 is 5.84. The van der Waals surface area contributed by atoms with Gasteiger partial charge in [-0.2, -0.15) is 0 Å². The molecule has 4 rings (SSSR count). The zero-order valence-corrected chi connectivity index (χ0v) is 15.2. The van der Waals surface area contributed by atoms with Crippen LogP contribution in [0.15, 0.2) is 77.2 Å². The first-order chi connectivity index (χ1) is 13.6. The summed E-state index contributed by atoms with van der Waals surface area (Å²) in [6, 6.07) is 20.5. The van der Waals surface area contributed by atoms with E-state index in [0.717, 1.165) is 27.5 Å². The summed E-state index contributed by atoms with van der Waals surface area (Å²) in [7, 11) is 1.59. The normalized spacial score (nSPS) is 11.2. The van der Waals surface area contributed by atoms with Gasteiger partial charge in [-0.15, -0.1) is 0 Å². The Morgan fingerprint density at radius 2 is 1.64 bits per heavy atom. The van der Waals surface area contributed by atoms with E-state index in [1.165, 1.54) is 6.08 Å². The lowest BCUT2D eigenvalue weighted by Gasteiger charge is -2.02. The Bertz CT molecular complexity index is 1200. The van der Waals surface area contributed by atoms with Crippen LogP contribution in [-0.2, 0) is 4.79 Å². The summed E-state index contributed by atoms with van der Waals surface area (Å²) in [6.45, 7) is 0. The predicted molar refractivity (Wildman–Crippen MR) is 111 cm³/mol. The van der Waals surface area contributed by atoms with Crippen molar-refractivity contribution in [2.75, 3.05) is 12.4 Å². The maximum absolute atomic E-state index is 12.2. The number of fused-ring (bicyclic) bond motifs is 3. The first kappa shape index (κ1) is 17.5. The van der Waals surface area contributed by atoms with Gasteiger partial charge in [-0.1, -0.05) is 30.3 Å². The minimum Gasteiger partial charge on any atom is -0.456 e. The van der Waals surface area contributed by atoms with Crippen LogP contribution >= 0.6 is 0 Å². The van der Waals surface area contributed by atoms with E-state index < -0.39 is 0 Å². The minimum atomic E-state index is -0.245. The van der Waals surface area contributed by atoms with E-state index in [9.17, 15) is 9.59 Å². The van der Waals surface area contributed by atoms with Crippen LogP contribution in [-0.4, -0.2) is 18.9 Å². The number of amides is 2. The predicted octanol–water partition coefficient (Wildman–Crippen LogP) is 4.60. The van der Waals surface area contributed by atoms with E-state index in [2.05, 4.69) is 10.6 Å². The number of rotatable bonds is 4. The van der Waals surface area contributed by atoms with Crippen molar-refractivity contribution >= 4 is 45.5 Å². The summed E-state index contributed by atoms with van der Waals surface area (Å²) >= 11 is 0. The molecule has 0 saturated carbocycles. The quantitative estimate of drug-likeness (QED) is 0.516. The van der Waals surface area contributed by atoms with Crippen LogP contribution in [0.5, 0.6) is 0 Å². The second kappa shape index (κ2) is 7.40. The lowest BCUT2D eigenvalue weighted by Crippen LogP contribution is -2.17. The zero-order valence-electron chi connectivity index (χ0n) is 15.2. The van der Waals surface area contributed by atoms with Gasteiger partial charge in [-0.3, -0.25) is 9.59 Å². The van der Waals surface area contributed by atoms with Crippen molar-refractivity contribution < 1.29 is 14.0 Å². The van der Waals surface area contributed by atoms with E-state index >= 15 is 0 Å². The Balaban J connectivity index is 1.48. The molecule has 1 heterocycles. The van der Waals surface area contributed by atoms with Crippen LogP contribution in [0.25, 0.3) is 28.0 Å². The first-order valence-electron chi connectivity index (χ1n) is 8.86. The molecule has 0 spiro atoms. The lowest BCUT2D eigenvalue weighted by molar-refractivity contribution is -0.111.